The van der Waals surface area contributed by atoms with Crippen LogP contribution in [-0.4, -0.2) is 38.1 Å². The molecule has 0 heterocycles. The van der Waals surface area contributed by atoms with E-state index in [1.807, 2.05) is 33.2 Å². The average Bonchev–Trinajstić information content (AvgIpc) is 2.36. The first-order valence-electron chi connectivity index (χ1n) is 7.21. The van der Waals surface area contributed by atoms with Crippen molar-refractivity contribution < 1.29 is 4.79 Å². The molecule has 0 spiro atoms. The second-order valence-electron chi connectivity index (χ2n) is 5.73. The highest BCUT2D eigenvalue weighted by Crippen LogP contribution is 2.27. The quantitative estimate of drug-likeness (QED) is 0.784. The van der Waals surface area contributed by atoms with Crippen molar-refractivity contribution in [1.82, 2.24) is 10.2 Å². The van der Waals surface area contributed by atoms with Gasteiger partial charge in [-0.3, -0.25) is 0 Å². The standard InChI is InChI=1S/C16H27N3O/c1-12(2)14-9-6-8-13(3)15(14)18-16(20)17-10-7-11-19(4)5/h6,8-9,12H,7,10-11H2,1-5H3,(H2,17,18,20). The van der Waals surface area contributed by atoms with Crippen LogP contribution in [0.3, 0.4) is 0 Å². The molecule has 2 amide bonds. The maximum absolute atomic E-state index is 11.9. The largest absolute Gasteiger partial charge is 0.338 e. The lowest BCUT2D eigenvalue weighted by Gasteiger charge is -2.17. The molecule has 112 valence electrons. The second-order valence-corrected chi connectivity index (χ2v) is 5.73. The van der Waals surface area contributed by atoms with Crippen molar-refractivity contribution in [2.45, 2.75) is 33.1 Å². The molecule has 4 nitrogen and oxygen atoms in total. The van der Waals surface area contributed by atoms with Crippen molar-refractivity contribution in [3.05, 3.63) is 29.3 Å². The van der Waals surface area contributed by atoms with E-state index in [0.29, 0.717) is 12.5 Å². The van der Waals surface area contributed by atoms with Gasteiger partial charge >= 0.3 is 6.03 Å². The van der Waals surface area contributed by atoms with Crippen LogP contribution in [0.5, 0.6) is 0 Å². The van der Waals surface area contributed by atoms with Crippen LogP contribution in [0.15, 0.2) is 18.2 Å². The normalized spacial score (nSPS) is 10.9. The van der Waals surface area contributed by atoms with Gasteiger partial charge in [0.2, 0.25) is 0 Å². The van der Waals surface area contributed by atoms with Crippen LogP contribution in [0.1, 0.15) is 37.3 Å². The second kappa shape index (κ2) is 7.90. The van der Waals surface area contributed by atoms with Crippen LogP contribution in [0.4, 0.5) is 10.5 Å². The molecule has 1 aromatic carbocycles. The molecule has 1 rings (SSSR count). The summed E-state index contributed by atoms with van der Waals surface area (Å²) >= 11 is 0. The molecule has 0 radical (unpaired) electrons. The van der Waals surface area contributed by atoms with E-state index in [0.717, 1.165) is 24.2 Å². The van der Waals surface area contributed by atoms with Gasteiger partial charge < -0.3 is 15.5 Å². The van der Waals surface area contributed by atoms with E-state index in [4.69, 9.17) is 0 Å². The Bertz CT molecular complexity index is 441. The number of hydrogen-bond acceptors (Lipinski definition) is 2. The summed E-state index contributed by atoms with van der Waals surface area (Å²) in [4.78, 5) is 14.1. The van der Waals surface area contributed by atoms with Crippen molar-refractivity contribution in [3.63, 3.8) is 0 Å². The fourth-order valence-electron chi connectivity index (χ4n) is 2.10. The number of para-hydroxylation sites is 1. The highest BCUT2D eigenvalue weighted by atomic mass is 16.2. The molecule has 2 N–H and O–H groups in total. The summed E-state index contributed by atoms with van der Waals surface area (Å²) in [6.45, 7) is 7.95. The van der Waals surface area contributed by atoms with E-state index in [1.54, 1.807) is 0 Å². The third-order valence-electron chi connectivity index (χ3n) is 3.23. The molecule has 0 saturated heterocycles. The van der Waals surface area contributed by atoms with E-state index < -0.39 is 0 Å². The zero-order valence-corrected chi connectivity index (χ0v) is 13.3. The Balaban J connectivity index is 2.57. The van der Waals surface area contributed by atoms with Gasteiger partial charge in [0.1, 0.15) is 0 Å². The summed E-state index contributed by atoms with van der Waals surface area (Å²) in [7, 11) is 4.06. The Labute approximate surface area is 122 Å². The Morgan fingerprint density at radius 3 is 2.60 bits per heavy atom. The number of benzene rings is 1. The molecule has 0 atom stereocenters. The number of anilines is 1. The van der Waals surface area contributed by atoms with Crippen LogP contribution < -0.4 is 10.6 Å². The third-order valence-corrected chi connectivity index (χ3v) is 3.23. The highest BCUT2D eigenvalue weighted by molar-refractivity contribution is 5.91. The van der Waals surface area contributed by atoms with Crippen molar-refractivity contribution in [2.75, 3.05) is 32.5 Å². The molecule has 0 aliphatic rings. The maximum atomic E-state index is 11.9. The number of nitrogens with one attached hydrogen (secondary N) is 2. The molecule has 20 heavy (non-hydrogen) atoms. The van der Waals surface area contributed by atoms with E-state index in [1.165, 1.54) is 5.56 Å². The summed E-state index contributed by atoms with van der Waals surface area (Å²) in [5, 5.41) is 5.89. The minimum atomic E-state index is -0.125. The van der Waals surface area contributed by atoms with Gasteiger partial charge in [0.25, 0.3) is 0 Å². The average molecular weight is 277 g/mol. The summed E-state index contributed by atoms with van der Waals surface area (Å²) in [6.07, 6.45) is 0.950. The summed E-state index contributed by atoms with van der Waals surface area (Å²) in [6, 6.07) is 6.00. The topological polar surface area (TPSA) is 44.4 Å². The third kappa shape index (κ3) is 5.21. The van der Waals surface area contributed by atoms with Gasteiger partial charge in [0, 0.05) is 12.2 Å². The minimum Gasteiger partial charge on any atom is -0.338 e. The van der Waals surface area contributed by atoms with Gasteiger partial charge in [-0.1, -0.05) is 32.0 Å². The molecule has 0 bridgehead atoms. The number of amides is 2. The summed E-state index contributed by atoms with van der Waals surface area (Å²) < 4.78 is 0. The van der Waals surface area contributed by atoms with Gasteiger partial charge in [0.05, 0.1) is 0 Å². The maximum Gasteiger partial charge on any atom is 0.319 e. The van der Waals surface area contributed by atoms with Crippen molar-refractivity contribution >= 4 is 11.7 Å². The minimum absolute atomic E-state index is 0.125. The number of carbonyl (C=O) groups excluding carboxylic acids is 1. The van der Waals surface area contributed by atoms with Crippen LogP contribution >= 0.6 is 0 Å². The van der Waals surface area contributed by atoms with Crippen molar-refractivity contribution in [2.24, 2.45) is 0 Å². The van der Waals surface area contributed by atoms with Crippen molar-refractivity contribution in [3.8, 4) is 0 Å². The molecule has 0 aromatic heterocycles. The zero-order chi connectivity index (χ0) is 15.1. The van der Waals surface area contributed by atoms with Gasteiger partial charge in [-0.25, -0.2) is 4.79 Å². The first-order chi connectivity index (χ1) is 9.41. The van der Waals surface area contributed by atoms with E-state index in [9.17, 15) is 4.79 Å². The zero-order valence-electron chi connectivity index (χ0n) is 13.3. The Kier molecular flexibility index (Phi) is 6.52. The van der Waals surface area contributed by atoms with E-state index >= 15 is 0 Å². The fourth-order valence-corrected chi connectivity index (χ4v) is 2.10. The van der Waals surface area contributed by atoms with Gasteiger partial charge in [-0.15, -0.1) is 0 Å². The molecular weight excluding hydrogens is 250 g/mol. The van der Waals surface area contributed by atoms with Crippen LogP contribution in [0, 0.1) is 6.92 Å². The number of aryl methyl sites for hydroxylation is 1. The van der Waals surface area contributed by atoms with Crippen LogP contribution in [-0.2, 0) is 0 Å². The predicted molar refractivity (Wildman–Crippen MR) is 85.5 cm³/mol. The number of rotatable bonds is 6. The summed E-state index contributed by atoms with van der Waals surface area (Å²) in [5.41, 5.74) is 3.21. The van der Waals surface area contributed by atoms with E-state index in [2.05, 4.69) is 35.4 Å². The van der Waals surface area contributed by atoms with Gasteiger partial charge in [0.15, 0.2) is 0 Å². The monoisotopic (exact) mass is 277 g/mol. The lowest BCUT2D eigenvalue weighted by molar-refractivity contribution is 0.251. The lowest BCUT2D eigenvalue weighted by Crippen LogP contribution is -2.31. The first kappa shape index (κ1) is 16.5. The van der Waals surface area contributed by atoms with Crippen LogP contribution in [0.25, 0.3) is 0 Å². The Morgan fingerprint density at radius 2 is 2.00 bits per heavy atom. The van der Waals surface area contributed by atoms with Crippen LogP contribution in [0.2, 0.25) is 0 Å². The molecule has 0 aliphatic heterocycles. The molecular formula is C16H27N3O. The molecule has 4 heteroatoms. The fraction of sp³-hybridized carbons (Fsp3) is 0.562. The molecule has 0 saturated carbocycles. The molecule has 0 fully saturated rings. The SMILES string of the molecule is Cc1cccc(C(C)C)c1NC(=O)NCCCN(C)C. The lowest BCUT2D eigenvalue weighted by atomic mass is 9.98. The van der Waals surface area contributed by atoms with Crippen molar-refractivity contribution in [1.29, 1.82) is 0 Å². The van der Waals surface area contributed by atoms with E-state index in [-0.39, 0.29) is 6.03 Å². The Hall–Kier alpha value is -1.55. The molecule has 0 aliphatic carbocycles. The number of hydrogen-bond donors (Lipinski definition) is 2. The predicted octanol–water partition coefficient (Wildman–Crippen LogP) is 3.19. The number of carbonyl (C=O) groups is 1. The summed E-state index contributed by atoms with van der Waals surface area (Å²) in [5.74, 6) is 0.388. The smallest absolute Gasteiger partial charge is 0.319 e. The molecule has 0 unspecified atom stereocenters. The van der Waals surface area contributed by atoms with Gasteiger partial charge in [-0.05, 0) is 51.0 Å². The molecule has 1 aromatic rings. The first-order valence-corrected chi connectivity index (χ1v) is 7.21. The highest BCUT2D eigenvalue weighted by Gasteiger charge is 2.11. The Morgan fingerprint density at radius 1 is 1.30 bits per heavy atom. The number of urea groups is 1. The van der Waals surface area contributed by atoms with Gasteiger partial charge in [-0.2, -0.15) is 0 Å². The number of nitrogens with zero attached hydrogens (tertiary/aromatic N) is 1.